The Kier molecular flexibility index (Phi) is 7.04. The molecule has 0 unspecified atom stereocenters. The monoisotopic (exact) mass is 510 g/mol. The lowest BCUT2D eigenvalue weighted by molar-refractivity contribution is 0.470. The summed E-state index contributed by atoms with van der Waals surface area (Å²) in [6.45, 7) is 3.75. The van der Waals surface area contributed by atoms with E-state index in [1.165, 1.54) is 12.1 Å². The van der Waals surface area contributed by atoms with Crippen LogP contribution in [0.1, 0.15) is 27.8 Å². The molecule has 4 aromatic rings. The average Bonchev–Trinajstić information content (AvgIpc) is 2.77. The summed E-state index contributed by atoms with van der Waals surface area (Å²) in [7, 11) is -3.80. The summed E-state index contributed by atoms with van der Waals surface area (Å²) in [6, 6.07) is 24.8. The van der Waals surface area contributed by atoms with E-state index in [9.17, 15) is 13.5 Å². The molecule has 0 amide bonds. The zero-order chi connectivity index (χ0) is 24.5. The van der Waals surface area contributed by atoms with Crippen LogP contribution >= 0.6 is 23.2 Å². The summed E-state index contributed by atoms with van der Waals surface area (Å²) in [4.78, 5) is 0.278. The van der Waals surface area contributed by atoms with Gasteiger partial charge in [-0.2, -0.15) is 0 Å². The molecule has 0 spiro atoms. The molecule has 0 radical (unpaired) electrons. The minimum absolute atomic E-state index is 0.0251. The molecule has 0 bridgehead atoms. The molecule has 1 N–H and O–H groups in total. The summed E-state index contributed by atoms with van der Waals surface area (Å²) < 4.78 is 27.1. The topological polar surface area (TPSA) is 54.4 Å². The predicted molar refractivity (Wildman–Crippen MR) is 140 cm³/mol. The normalized spacial score (nSPS) is 11.5. The lowest BCUT2D eigenvalue weighted by atomic mass is 9.98. The molecular formula is C28H24Cl2O3S. The van der Waals surface area contributed by atoms with Gasteiger partial charge < -0.3 is 5.11 Å². The fourth-order valence-corrected chi connectivity index (χ4v) is 6.68. The van der Waals surface area contributed by atoms with Gasteiger partial charge in [-0.25, -0.2) is 8.42 Å². The number of hydrogen-bond donors (Lipinski definition) is 1. The highest BCUT2D eigenvalue weighted by molar-refractivity contribution is 7.90. The van der Waals surface area contributed by atoms with Crippen molar-refractivity contribution in [2.24, 2.45) is 0 Å². The van der Waals surface area contributed by atoms with Gasteiger partial charge in [-0.3, -0.25) is 0 Å². The van der Waals surface area contributed by atoms with E-state index in [1.54, 1.807) is 6.92 Å². The highest BCUT2D eigenvalue weighted by atomic mass is 35.5. The number of aromatic hydroxyl groups is 1. The summed E-state index contributed by atoms with van der Waals surface area (Å²) in [5.74, 6) is -0.666. The van der Waals surface area contributed by atoms with Gasteiger partial charge in [0.05, 0.1) is 15.7 Å². The van der Waals surface area contributed by atoms with Crippen molar-refractivity contribution in [3.63, 3.8) is 0 Å². The highest BCUT2D eigenvalue weighted by Gasteiger charge is 2.24. The van der Waals surface area contributed by atoms with Gasteiger partial charge in [-0.15, -0.1) is 0 Å². The van der Waals surface area contributed by atoms with Gasteiger partial charge in [0.15, 0.2) is 9.84 Å². The Morgan fingerprint density at radius 2 is 1.44 bits per heavy atom. The minimum Gasteiger partial charge on any atom is -0.506 e. The Hall–Kier alpha value is -2.79. The Labute approximate surface area is 210 Å². The van der Waals surface area contributed by atoms with Crippen LogP contribution in [0.4, 0.5) is 0 Å². The van der Waals surface area contributed by atoms with E-state index >= 15 is 0 Å². The standard InChI is InChI=1S/C28H24Cl2O3S/c1-18-12-19(2)28(34(32,33)17-24-15-25(29)16-26(30)27(24)31)23(13-18)14-20-8-10-22(11-9-20)21-6-4-3-5-7-21/h3-13,15-16,31H,14,17H2,1-2H3. The molecule has 0 aliphatic heterocycles. The first-order chi connectivity index (χ1) is 16.1. The molecule has 174 valence electrons. The van der Waals surface area contributed by atoms with Gasteiger partial charge in [0, 0.05) is 10.6 Å². The first-order valence-corrected chi connectivity index (χ1v) is 13.2. The molecule has 0 fully saturated rings. The van der Waals surface area contributed by atoms with E-state index < -0.39 is 15.6 Å². The lowest BCUT2D eigenvalue weighted by Crippen LogP contribution is -2.11. The number of benzene rings is 4. The maximum atomic E-state index is 13.6. The number of phenolic OH excluding ortho intramolecular Hbond substituents is 1. The predicted octanol–water partition coefficient (Wildman–Crippen LogP) is 7.55. The molecule has 34 heavy (non-hydrogen) atoms. The molecule has 3 nitrogen and oxygen atoms in total. The van der Waals surface area contributed by atoms with Gasteiger partial charge in [0.1, 0.15) is 5.75 Å². The third kappa shape index (κ3) is 5.30. The van der Waals surface area contributed by atoms with Crippen LogP contribution in [0, 0.1) is 13.8 Å². The zero-order valence-electron chi connectivity index (χ0n) is 18.8. The first-order valence-electron chi connectivity index (χ1n) is 10.8. The quantitative estimate of drug-likeness (QED) is 0.291. The molecule has 0 aromatic heterocycles. The maximum Gasteiger partial charge on any atom is 0.183 e. The van der Waals surface area contributed by atoms with Crippen molar-refractivity contribution in [2.75, 3.05) is 0 Å². The van der Waals surface area contributed by atoms with Crippen LogP contribution in [0.25, 0.3) is 11.1 Å². The molecule has 0 heterocycles. The molecule has 0 aliphatic carbocycles. The number of hydrogen-bond acceptors (Lipinski definition) is 3. The second-order valence-corrected chi connectivity index (χ2v) is 11.2. The summed E-state index contributed by atoms with van der Waals surface area (Å²) in [5.41, 5.74) is 5.79. The number of phenols is 1. The molecular weight excluding hydrogens is 487 g/mol. The van der Waals surface area contributed by atoms with Gasteiger partial charge in [-0.05, 0) is 60.2 Å². The van der Waals surface area contributed by atoms with Crippen molar-refractivity contribution in [3.8, 4) is 16.9 Å². The van der Waals surface area contributed by atoms with E-state index in [1.807, 2.05) is 61.5 Å². The largest absolute Gasteiger partial charge is 0.506 e. The Bertz CT molecular complexity index is 1450. The molecule has 4 aromatic carbocycles. The Morgan fingerprint density at radius 1 is 0.794 bits per heavy atom. The van der Waals surface area contributed by atoms with Crippen molar-refractivity contribution < 1.29 is 13.5 Å². The van der Waals surface area contributed by atoms with Crippen LogP contribution in [-0.2, 0) is 22.0 Å². The molecule has 0 saturated carbocycles. The van der Waals surface area contributed by atoms with Gasteiger partial charge in [0.2, 0.25) is 0 Å². The Morgan fingerprint density at radius 3 is 2.12 bits per heavy atom. The number of rotatable bonds is 6. The van der Waals surface area contributed by atoms with Gasteiger partial charge in [0.25, 0.3) is 0 Å². The molecule has 0 aliphatic rings. The maximum absolute atomic E-state index is 13.6. The van der Waals surface area contributed by atoms with Crippen LogP contribution in [0.15, 0.2) is 83.8 Å². The second kappa shape index (κ2) is 9.83. The number of sulfone groups is 1. The highest BCUT2D eigenvalue weighted by Crippen LogP contribution is 2.35. The second-order valence-electron chi connectivity index (χ2n) is 8.46. The van der Waals surface area contributed by atoms with Crippen molar-refractivity contribution >= 4 is 33.0 Å². The molecule has 0 saturated heterocycles. The van der Waals surface area contributed by atoms with Crippen molar-refractivity contribution in [1.29, 1.82) is 0 Å². The molecule has 4 rings (SSSR count). The van der Waals surface area contributed by atoms with Crippen LogP contribution in [0.3, 0.4) is 0 Å². The number of aryl methyl sites for hydroxylation is 2. The summed E-state index contributed by atoms with van der Waals surface area (Å²) in [5, 5.41) is 10.6. The van der Waals surface area contributed by atoms with Crippen molar-refractivity contribution in [2.45, 2.75) is 30.9 Å². The smallest absolute Gasteiger partial charge is 0.183 e. The van der Waals surface area contributed by atoms with E-state index in [-0.39, 0.29) is 26.3 Å². The van der Waals surface area contributed by atoms with Crippen LogP contribution in [0.5, 0.6) is 5.75 Å². The van der Waals surface area contributed by atoms with Gasteiger partial charge >= 0.3 is 0 Å². The molecule has 6 heteroatoms. The van der Waals surface area contributed by atoms with Crippen LogP contribution < -0.4 is 0 Å². The van der Waals surface area contributed by atoms with E-state index in [0.29, 0.717) is 12.0 Å². The molecule has 0 atom stereocenters. The zero-order valence-corrected chi connectivity index (χ0v) is 21.2. The summed E-state index contributed by atoms with van der Waals surface area (Å²) >= 11 is 12.1. The van der Waals surface area contributed by atoms with E-state index in [2.05, 4.69) is 12.1 Å². The third-order valence-corrected chi connectivity index (χ3v) is 8.12. The third-order valence-electron chi connectivity index (χ3n) is 5.72. The summed E-state index contributed by atoms with van der Waals surface area (Å²) in [6.07, 6.45) is 0.467. The van der Waals surface area contributed by atoms with Crippen molar-refractivity contribution in [1.82, 2.24) is 0 Å². The average molecular weight is 511 g/mol. The van der Waals surface area contributed by atoms with E-state index in [4.69, 9.17) is 23.2 Å². The van der Waals surface area contributed by atoms with Crippen LogP contribution in [-0.4, -0.2) is 13.5 Å². The van der Waals surface area contributed by atoms with Crippen molar-refractivity contribution in [3.05, 3.63) is 117 Å². The fourth-order valence-electron chi connectivity index (χ4n) is 4.29. The van der Waals surface area contributed by atoms with Crippen LogP contribution in [0.2, 0.25) is 10.0 Å². The SMILES string of the molecule is Cc1cc(C)c(S(=O)(=O)Cc2cc(Cl)cc(Cl)c2O)c(Cc2ccc(-c3ccccc3)cc2)c1. The fraction of sp³-hybridized carbons (Fsp3) is 0.143. The van der Waals surface area contributed by atoms with E-state index in [0.717, 1.165) is 27.8 Å². The lowest BCUT2D eigenvalue weighted by Gasteiger charge is -2.16. The minimum atomic E-state index is -3.80. The first kappa shape index (κ1) is 24.3. The van der Waals surface area contributed by atoms with Gasteiger partial charge in [-0.1, -0.05) is 95.5 Å². The number of halogens is 2. The Balaban J connectivity index is 1.70.